The van der Waals surface area contributed by atoms with Crippen molar-refractivity contribution < 1.29 is 0 Å². The molecular weight excluding hydrogens is 492 g/mol. The van der Waals surface area contributed by atoms with Gasteiger partial charge in [-0.15, -0.1) is 0 Å². The minimum Gasteiger partial charge on any atom is -0.371 e. The average molecular weight is 533 g/mol. The molecule has 0 amide bonds. The molecule has 4 aliphatic heterocycles. The third-order valence-corrected chi connectivity index (χ3v) is 10.3. The molecule has 202 valence electrons. The van der Waals surface area contributed by atoms with Crippen molar-refractivity contribution in [1.82, 2.24) is 10.2 Å². The van der Waals surface area contributed by atoms with Crippen LogP contribution in [0.1, 0.15) is 44.6 Å². The number of piperidine rings is 2. The Bertz CT molecular complexity index is 1160. The van der Waals surface area contributed by atoms with Gasteiger partial charge in [0.05, 0.1) is 10.6 Å². The molecule has 1 atom stereocenters. The Balaban J connectivity index is 1.03. The molecule has 38 heavy (non-hydrogen) atoms. The highest BCUT2D eigenvalue weighted by molar-refractivity contribution is 6.32. The van der Waals surface area contributed by atoms with Crippen molar-refractivity contribution in [3.8, 4) is 6.07 Å². The average Bonchev–Trinajstić information content (AvgIpc) is 3.23. The first kappa shape index (κ1) is 25.8. The van der Waals surface area contributed by atoms with Crippen LogP contribution < -0.4 is 20.0 Å². The molecule has 4 fully saturated rings. The lowest BCUT2D eigenvalue weighted by Crippen LogP contribution is -2.59. The summed E-state index contributed by atoms with van der Waals surface area (Å²) in [5.74, 6) is 0. The molecule has 4 aliphatic rings. The molecule has 0 saturated carbocycles. The highest BCUT2D eigenvalue weighted by Gasteiger charge is 2.44. The van der Waals surface area contributed by atoms with E-state index in [2.05, 4.69) is 75.3 Å². The normalized spacial score (nSPS) is 24.2. The quantitative estimate of drug-likeness (QED) is 0.587. The third-order valence-electron chi connectivity index (χ3n) is 9.95. The summed E-state index contributed by atoms with van der Waals surface area (Å²) < 4.78 is 0. The molecule has 0 aromatic heterocycles. The number of likely N-dealkylation sites (N-methyl/N-ethyl adjacent to an activating group) is 1. The summed E-state index contributed by atoms with van der Waals surface area (Å²) in [6.07, 6.45) is 6.17. The SMILES string of the molecule is C[C@H]1CC2(CCN(c3ccc(N4CCC(N(C)C5CNC5)CC4)cc3)CC2)CN1c1ccc(C#N)c(Cl)c1. The van der Waals surface area contributed by atoms with Gasteiger partial charge >= 0.3 is 0 Å². The van der Waals surface area contributed by atoms with Gasteiger partial charge in [0.2, 0.25) is 0 Å². The molecule has 0 unspecified atom stereocenters. The first-order chi connectivity index (χ1) is 18.4. The number of hydrogen-bond acceptors (Lipinski definition) is 6. The number of rotatable bonds is 5. The first-order valence-electron chi connectivity index (χ1n) is 14.4. The number of anilines is 3. The minimum absolute atomic E-state index is 0.364. The number of benzene rings is 2. The first-order valence-corrected chi connectivity index (χ1v) is 14.8. The van der Waals surface area contributed by atoms with Crippen LogP contribution in [-0.2, 0) is 0 Å². The Labute approximate surface area is 233 Å². The molecule has 1 N–H and O–H groups in total. The van der Waals surface area contributed by atoms with E-state index in [4.69, 9.17) is 11.6 Å². The van der Waals surface area contributed by atoms with Crippen LogP contribution in [0.4, 0.5) is 17.1 Å². The number of halogens is 1. The van der Waals surface area contributed by atoms with Gasteiger partial charge in [0.15, 0.2) is 0 Å². The van der Waals surface area contributed by atoms with Gasteiger partial charge in [-0.1, -0.05) is 11.6 Å². The summed E-state index contributed by atoms with van der Waals surface area (Å²) in [6, 6.07) is 19.4. The summed E-state index contributed by atoms with van der Waals surface area (Å²) in [5.41, 5.74) is 4.79. The van der Waals surface area contributed by atoms with Crippen molar-refractivity contribution in [2.45, 2.75) is 57.2 Å². The summed E-state index contributed by atoms with van der Waals surface area (Å²) in [5, 5.41) is 13.2. The third kappa shape index (κ3) is 4.97. The maximum atomic E-state index is 9.22. The maximum Gasteiger partial charge on any atom is 0.101 e. The highest BCUT2D eigenvalue weighted by Crippen LogP contribution is 2.46. The van der Waals surface area contributed by atoms with Crippen LogP contribution in [0.2, 0.25) is 5.02 Å². The molecule has 4 heterocycles. The number of nitrogens with zero attached hydrogens (tertiary/aromatic N) is 5. The second-order valence-corrected chi connectivity index (χ2v) is 12.6. The number of hydrogen-bond donors (Lipinski definition) is 1. The van der Waals surface area contributed by atoms with Crippen LogP contribution in [0, 0.1) is 16.7 Å². The molecule has 2 aromatic rings. The summed E-state index contributed by atoms with van der Waals surface area (Å²) in [7, 11) is 2.32. The van der Waals surface area contributed by atoms with Crippen LogP contribution in [0.3, 0.4) is 0 Å². The second kappa shape index (κ2) is 10.6. The monoisotopic (exact) mass is 532 g/mol. The molecule has 6 rings (SSSR count). The van der Waals surface area contributed by atoms with Crippen LogP contribution >= 0.6 is 11.6 Å². The molecule has 7 heteroatoms. The summed E-state index contributed by atoms with van der Waals surface area (Å²) >= 11 is 6.36. The van der Waals surface area contributed by atoms with E-state index < -0.39 is 0 Å². The zero-order valence-corrected chi connectivity index (χ0v) is 23.6. The molecule has 1 spiro atoms. The van der Waals surface area contributed by atoms with E-state index in [1.807, 2.05) is 12.1 Å². The van der Waals surface area contributed by atoms with E-state index in [9.17, 15) is 5.26 Å². The number of nitriles is 1. The van der Waals surface area contributed by atoms with Gasteiger partial charge in [-0.3, -0.25) is 4.90 Å². The molecule has 6 nitrogen and oxygen atoms in total. The molecule has 2 aromatic carbocycles. The van der Waals surface area contributed by atoms with E-state index >= 15 is 0 Å². The van der Waals surface area contributed by atoms with Crippen LogP contribution in [0.25, 0.3) is 0 Å². The smallest absolute Gasteiger partial charge is 0.101 e. The van der Waals surface area contributed by atoms with Gasteiger partial charge in [0.25, 0.3) is 0 Å². The van der Waals surface area contributed by atoms with E-state index in [0.29, 0.717) is 22.0 Å². The van der Waals surface area contributed by atoms with Crippen molar-refractivity contribution >= 4 is 28.7 Å². The van der Waals surface area contributed by atoms with Gasteiger partial charge < -0.3 is 20.0 Å². The summed E-state index contributed by atoms with van der Waals surface area (Å²) in [6.45, 7) is 10.2. The second-order valence-electron chi connectivity index (χ2n) is 12.2. The predicted molar refractivity (Wildman–Crippen MR) is 158 cm³/mol. The maximum absolute atomic E-state index is 9.22. The summed E-state index contributed by atoms with van der Waals surface area (Å²) in [4.78, 5) is 10.3. The van der Waals surface area contributed by atoms with Crippen LogP contribution in [0.5, 0.6) is 0 Å². The van der Waals surface area contributed by atoms with Gasteiger partial charge in [0.1, 0.15) is 6.07 Å². The van der Waals surface area contributed by atoms with Crippen molar-refractivity contribution in [1.29, 1.82) is 5.26 Å². The molecule has 0 bridgehead atoms. The molecule has 4 saturated heterocycles. The lowest BCUT2D eigenvalue weighted by atomic mass is 9.76. The fraction of sp³-hybridized carbons (Fsp3) is 0.581. The highest BCUT2D eigenvalue weighted by atomic mass is 35.5. The standard InChI is InChI=1S/C31H41ClN6/c1-23-18-31(22-38(23)28-4-3-24(19-33)30(32)17-28)11-15-37(16-12-31)27-7-5-26(6-8-27)36-13-9-25(10-14-36)35(2)29-20-34-21-29/h3-8,17,23,25,29,34H,9-16,18,20-22H2,1-2H3/t23-/m0/s1. The zero-order chi connectivity index (χ0) is 26.3. The van der Waals surface area contributed by atoms with Gasteiger partial charge in [-0.2, -0.15) is 5.26 Å². The van der Waals surface area contributed by atoms with Crippen molar-refractivity contribution in [3.05, 3.63) is 53.1 Å². The Kier molecular flexibility index (Phi) is 7.20. The fourth-order valence-electron chi connectivity index (χ4n) is 7.30. The molecule has 0 radical (unpaired) electrons. The molecule has 0 aliphatic carbocycles. The lowest BCUT2D eigenvalue weighted by Gasteiger charge is -2.44. The minimum atomic E-state index is 0.364. The van der Waals surface area contributed by atoms with Gasteiger partial charge in [0, 0.05) is 81.0 Å². The largest absolute Gasteiger partial charge is 0.371 e. The van der Waals surface area contributed by atoms with E-state index in [1.165, 1.54) is 43.5 Å². The van der Waals surface area contributed by atoms with Gasteiger partial charge in [-0.05, 0) is 94.0 Å². The fourth-order valence-corrected chi connectivity index (χ4v) is 7.52. The Morgan fingerprint density at radius 2 is 1.53 bits per heavy atom. The zero-order valence-electron chi connectivity index (χ0n) is 22.9. The van der Waals surface area contributed by atoms with E-state index in [1.54, 1.807) is 0 Å². The number of nitrogens with one attached hydrogen (secondary N) is 1. The molecular formula is C31H41ClN6. The Morgan fingerprint density at radius 3 is 2.08 bits per heavy atom. The predicted octanol–water partition coefficient (Wildman–Crippen LogP) is 4.97. The Morgan fingerprint density at radius 1 is 0.921 bits per heavy atom. The van der Waals surface area contributed by atoms with Crippen molar-refractivity contribution in [3.63, 3.8) is 0 Å². The lowest BCUT2D eigenvalue weighted by molar-refractivity contribution is 0.111. The van der Waals surface area contributed by atoms with Crippen LogP contribution in [0.15, 0.2) is 42.5 Å². The van der Waals surface area contributed by atoms with Crippen molar-refractivity contribution in [2.75, 3.05) is 67.6 Å². The van der Waals surface area contributed by atoms with Crippen LogP contribution in [-0.4, -0.2) is 75.9 Å². The van der Waals surface area contributed by atoms with Crippen molar-refractivity contribution in [2.24, 2.45) is 5.41 Å². The Hall–Kier alpha value is -2.46. The van der Waals surface area contributed by atoms with Gasteiger partial charge in [-0.25, -0.2) is 0 Å². The topological polar surface area (TPSA) is 48.8 Å². The van der Waals surface area contributed by atoms with E-state index in [-0.39, 0.29) is 0 Å². The van der Waals surface area contributed by atoms with E-state index in [0.717, 1.165) is 63.6 Å².